The zero-order valence-electron chi connectivity index (χ0n) is 14.6. The molecule has 1 aliphatic rings. The Morgan fingerprint density at radius 3 is 2.72 bits per heavy atom. The van der Waals surface area contributed by atoms with Crippen LogP contribution >= 0.6 is 0 Å². The van der Waals surface area contributed by atoms with Crippen molar-refractivity contribution in [3.8, 4) is 0 Å². The summed E-state index contributed by atoms with van der Waals surface area (Å²) in [6, 6.07) is 9.02. The average Bonchev–Trinajstić information content (AvgIpc) is 3.13. The molecule has 6 heteroatoms. The Balaban J connectivity index is 1.50. The lowest BCUT2D eigenvalue weighted by atomic mass is 10.1. The van der Waals surface area contributed by atoms with E-state index in [1.165, 1.54) is 12.1 Å². The third-order valence-electron chi connectivity index (χ3n) is 4.87. The normalized spacial score (nSPS) is 19.4. The van der Waals surface area contributed by atoms with Gasteiger partial charge in [-0.3, -0.25) is 9.58 Å². The summed E-state index contributed by atoms with van der Waals surface area (Å²) in [6.45, 7) is 5.98. The quantitative estimate of drug-likeness (QED) is 0.794. The van der Waals surface area contributed by atoms with E-state index in [4.69, 9.17) is 0 Å². The fraction of sp³-hybridized carbons (Fsp3) is 0.526. The molecule has 25 heavy (non-hydrogen) atoms. The van der Waals surface area contributed by atoms with E-state index in [1.54, 1.807) is 0 Å². The Hall–Kier alpha value is -1.76. The molecule has 1 saturated heterocycles. The summed E-state index contributed by atoms with van der Waals surface area (Å²) >= 11 is 0. The molecule has 1 aliphatic heterocycles. The minimum absolute atomic E-state index is 0.197. The summed E-state index contributed by atoms with van der Waals surface area (Å²) in [5, 5.41) is 13.7. The van der Waals surface area contributed by atoms with Crippen molar-refractivity contribution >= 4 is 0 Å². The van der Waals surface area contributed by atoms with Gasteiger partial charge in [0.05, 0.1) is 0 Å². The molecule has 0 radical (unpaired) electrons. The first-order valence-electron chi connectivity index (χ1n) is 9.04. The van der Waals surface area contributed by atoms with Crippen LogP contribution in [-0.4, -0.2) is 63.5 Å². The van der Waals surface area contributed by atoms with Gasteiger partial charge in [0.15, 0.2) is 0 Å². The summed E-state index contributed by atoms with van der Waals surface area (Å²) < 4.78 is 15.0. The Bertz CT molecular complexity index is 617. The van der Waals surface area contributed by atoms with E-state index in [0.717, 1.165) is 57.7 Å². The number of rotatable bonds is 8. The van der Waals surface area contributed by atoms with Crippen molar-refractivity contribution in [2.75, 3.05) is 32.8 Å². The largest absolute Gasteiger partial charge is 0.396 e. The number of hydrogen-bond donors (Lipinski definition) is 1. The number of hydrogen-bond acceptors (Lipinski definition) is 4. The molecule has 5 nitrogen and oxygen atoms in total. The molecule has 0 saturated carbocycles. The third-order valence-corrected chi connectivity index (χ3v) is 4.87. The average molecular weight is 346 g/mol. The van der Waals surface area contributed by atoms with Crippen molar-refractivity contribution in [1.29, 1.82) is 0 Å². The van der Waals surface area contributed by atoms with E-state index in [-0.39, 0.29) is 12.4 Å². The summed E-state index contributed by atoms with van der Waals surface area (Å²) in [7, 11) is 0. The summed E-state index contributed by atoms with van der Waals surface area (Å²) in [5.74, 6) is -0.197. The molecule has 3 rings (SSSR count). The Labute approximate surface area is 148 Å². The number of halogens is 1. The second-order valence-electron chi connectivity index (χ2n) is 6.69. The molecule has 1 aromatic carbocycles. The minimum atomic E-state index is -0.197. The van der Waals surface area contributed by atoms with E-state index in [2.05, 4.69) is 14.9 Å². The number of benzene rings is 1. The van der Waals surface area contributed by atoms with Crippen molar-refractivity contribution in [1.82, 2.24) is 19.6 Å². The zero-order chi connectivity index (χ0) is 17.5. The van der Waals surface area contributed by atoms with Gasteiger partial charge in [-0.15, -0.1) is 0 Å². The highest BCUT2D eigenvalue weighted by atomic mass is 19.1. The van der Waals surface area contributed by atoms with Crippen molar-refractivity contribution in [3.63, 3.8) is 0 Å². The SMILES string of the molecule is OCCC1CN(CCCn2cccn2)CCN1Cc1ccc(F)cc1. The van der Waals surface area contributed by atoms with Crippen molar-refractivity contribution in [2.45, 2.75) is 32.0 Å². The van der Waals surface area contributed by atoms with Crippen molar-refractivity contribution < 1.29 is 9.50 Å². The maximum atomic E-state index is 13.1. The summed E-state index contributed by atoms with van der Waals surface area (Å²) in [5.41, 5.74) is 1.12. The molecular weight excluding hydrogens is 319 g/mol. The highest BCUT2D eigenvalue weighted by molar-refractivity contribution is 5.16. The van der Waals surface area contributed by atoms with Gasteiger partial charge in [0.1, 0.15) is 5.82 Å². The highest BCUT2D eigenvalue weighted by Gasteiger charge is 2.26. The molecule has 0 spiro atoms. The number of aliphatic hydroxyl groups is 1. The number of nitrogens with zero attached hydrogens (tertiary/aromatic N) is 4. The van der Waals surface area contributed by atoms with E-state index >= 15 is 0 Å². The fourth-order valence-corrected chi connectivity index (χ4v) is 3.50. The van der Waals surface area contributed by atoms with E-state index < -0.39 is 0 Å². The molecule has 2 heterocycles. The number of aromatic nitrogens is 2. The molecule has 1 aromatic heterocycles. The Kier molecular flexibility index (Phi) is 6.55. The Morgan fingerprint density at radius 1 is 1.16 bits per heavy atom. The van der Waals surface area contributed by atoms with Crippen molar-refractivity contribution in [3.05, 3.63) is 54.1 Å². The topological polar surface area (TPSA) is 44.5 Å². The van der Waals surface area contributed by atoms with Crippen LogP contribution < -0.4 is 0 Å². The van der Waals surface area contributed by atoms with Crippen LogP contribution in [0.5, 0.6) is 0 Å². The number of aryl methyl sites for hydroxylation is 1. The van der Waals surface area contributed by atoms with E-state index in [9.17, 15) is 9.50 Å². The van der Waals surface area contributed by atoms with Crippen LogP contribution in [0.3, 0.4) is 0 Å². The zero-order valence-corrected chi connectivity index (χ0v) is 14.6. The highest BCUT2D eigenvalue weighted by Crippen LogP contribution is 2.17. The van der Waals surface area contributed by atoms with Gasteiger partial charge in [-0.2, -0.15) is 5.10 Å². The third kappa shape index (κ3) is 5.36. The van der Waals surface area contributed by atoms with Gasteiger partial charge in [0, 0.05) is 64.3 Å². The van der Waals surface area contributed by atoms with E-state index in [0.29, 0.717) is 6.04 Å². The second-order valence-corrected chi connectivity index (χ2v) is 6.69. The maximum Gasteiger partial charge on any atom is 0.123 e. The van der Waals surface area contributed by atoms with E-state index in [1.807, 2.05) is 35.3 Å². The standard InChI is InChI=1S/C19H27FN4O/c20-18-5-3-17(4-6-18)15-23-13-12-22(16-19(23)7-14-25)9-2-11-24-10-1-8-21-24/h1,3-6,8,10,19,25H,2,7,9,11-16H2. The summed E-state index contributed by atoms with van der Waals surface area (Å²) in [6.07, 6.45) is 5.66. The first kappa shape index (κ1) is 18.0. The number of piperazine rings is 1. The first-order chi connectivity index (χ1) is 12.2. The van der Waals surface area contributed by atoms with Crippen molar-refractivity contribution in [2.24, 2.45) is 0 Å². The second kappa shape index (κ2) is 9.08. The molecule has 0 aliphatic carbocycles. The predicted molar refractivity (Wildman–Crippen MR) is 95.6 cm³/mol. The van der Waals surface area contributed by atoms with Gasteiger partial charge < -0.3 is 10.0 Å². The van der Waals surface area contributed by atoms with Crippen LogP contribution in [-0.2, 0) is 13.1 Å². The smallest absolute Gasteiger partial charge is 0.123 e. The molecule has 0 bridgehead atoms. The minimum Gasteiger partial charge on any atom is -0.396 e. The van der Waals surface area contributed by atoms with Gasteiger partial charge in [-0.1, -0.05) is 12.1 Å². The number of aliphatic hydroxyl groups excluding tert-OH is 1. The van der Waals surface area contributed by atoms with Crippen LogP contribution in [0.4, 0.5) is 4.39 Å². The van der Waals surface area contributed by atoms with Gasteiger partial charge >= 0.3 is 0 Å². The first-order valence-corrected chi connectivity index (χ1v) is 9.04. The fourth-order valence-electron chi connectivity index (χ4n) is 3.50. The van der Waals surface area contributed by atoms with Gasteiger partial charge in [-0.25, -0.2) is 4.39 Å². The monoisotopic (exact) mass is 346 g/mol. The van der Waals surface area contributed by atoms with Gasteiger partial charge in [-0.05, 0) is 36.6 Å². The molecule has 2 aromatic rings. The van der Waals surface area contributed by atoms with Gasteiger partial charge in [0.2, 0.25) is 0 Å². The molecule has 1 unspecified atom stereocenters. The lowest BCUT2D eigenvalue weighted by Crippen LogP contribution is -2.53. The predicted octanol–water partition coefficient (Wildman–Crippen LogP) is 1.98. The molecule has 1 N–H and O–H groups in total. The lowest BCUT2D eigenvalue weighted by molar-refractivity contribution is 0.0526. The van der Waals surface area contributed by atoms with Crippen LogP contribution in [0.2, 0.25) is 0 Å². The lowest BCUT2D eigenvalue weighted by Gasteiger charge is -2.41. The maximum absolute atomic E-state index is 13.1. The molecule has 136 valence electrons. The molecule has 0 amide bonds. The van der Waals surface area contributed by atoms with Crippen LogP contribution in [0.25, 0.3) is 0 Å². The molecule has 1 fully saturated rings. The molecule has 1 atom stereocenters. The van der Waals surface area contributed by atoms with Crippen LogP contribution in [0, 0.1) is 5.82 Å². The Morgan fingerprint density at radius 2 is 2.00 bits per heavy atom. The van der Waals surface area contributed by atoms with Crippen LogP contribution in [0.1, 0.15) is 18.4 Å². The van der Waals surface area contributed by atoms with Crippen LogP contribution in [0.15, 0.2) is 42.7 Å². The summed E-state index contributed by atoms with van der Waals surface area (Å²) in [4.78, 5) is 4.89. The van der Waals surface area contributed by atoms with Gasteiger partial charge in [0.25, 0.3) is 0 Å². The molecular formula is C19H27FN4O.